The number of fused-ring (bicyclic) bond motifs is 1. The fourth-order valence-corrected chi connectivity index (χ4v) is 3.72. The van der Waals surface area contributed by atoms with Crippen molar-refractivity contribution < 1.29 is 5.11 Å². The molecule has 18 heavy (non-hydrogen) atoms. The van der Waals surface area contributed by atoms with E-state index in [9.17, 15) is 5.11 Å². The highest BCUT2D eigenvalue weighted by Gasteiger charge is 2.47. The van der Waals surface area contributed by atoms with E-state index in [1.165, 1.54) is 19.3 Å². The van der Waals surface area contributed by atoms with Gasteiger partial charge in [0.2, 0.25) is 0 Å². The molecule has 0 bridgehead atoms. The average molecular weight is 269 g/mol. The van der Waals surface area contributed by atoms with E-state index in [1.54, 1.807) is 0 Å². The van der Waals surface area contributed by atoms with Gasteiger partial charge in [-0.15, -0.1) is 0 Å². The molecule has 2 aliphatic carbocycles. The maximum atomic E-state index is 10.4. The van der Waals surface area contributed by atoms with Gasteiger partial charge in [-0.25, -0.2) is 0 Å². The number of aryl methyl sites for hydroxylation is 2. The van der Waals surface area contributed by atoms with Crippen LogP contribution in [0.25, 0.3) is 0 Å². The van der Waals surface area contributed by atoms with Crippen molar-refractivity contribution in [2.45, 2.75) is 52.2 Å². The molecule has 0 amide bonds. The van der Waals surface area contributed by atoms with Crippen LogP contribution in [0.4, 0.5) is 0 Å². The molecule has 3 nitrogen and oxygen atoms in total. The van der Waals surface area contributed by atoms with Gasteiger partial charge in [0.05, 0.1) is 22.5 Å². The summed E-state index contributed by atoms with van der Waals surface area (Å²) in [5.74, 6) is 2.31. The SMILES string of the molecule is CCn1nc(C)c(Cl)c1CC(O)C1CC2CC2C1. The van der Waals surface area contributed by atoms with Crippen molar-refractivity contribution in [3.05, 3.63) is 16.4 Å². The molecule has 3 atom stereocenters. The number of aliphatic hydroxyl groups excluding tert-OH is 1. The lowest BCUT2D eigenvalue weighted by Crippen LogP contribution is -2.23. The van der Waals surface area contributed by atoms with Crippen LogP contribution in [0.5, 0.6) is 0 Å². The third-order valence-corrected chi connectivity index (χ3v) is 5.17. The van der Waals surface area contributed by atoms with Crippen LogP contribution in [0, 0.1) is 24.7 Å². The zero-order chi connectivity index (χ0) is 12.9. The lowest BCUT2D eigenvalue weighted by Gasteiger charge is -2.20. The van der Waals surface area contributed by atoms with Crippen LogP contribution >= 0.6 is 11.6 Å². The van der Waals surface area contributed by atoms with Gasteiger partial charge in [0.1, 0.15) is 0 Å². The molecular weight excluding hydrogens is 248 g/mol. The van der Waals surface area contributed by atoms with E-state index < -0.39 is 0 Å². The Kier molecular flexibility index (Phi) is 3.15. The summed E-state index contributed by atoms with van der Waals surface area (Å²) in [7, 11) is 0. The number of halogens is 1. The van der Waals surface area contributed by atoms with E-state index in [4.69, 9.17) is 11.6 Å². The maximum Gasteiger partial charge on any atom is 0.0848 e. The third-order valence-electron chi connectivity index (χ3n) is 4.68. The molecule has 0 aromatic carbocycles. The second kappa shape index (κ2) is 4.53. The van der Waals surface area contributed by atoms with Crippen LogP contribution in [0.2, 0.25) is 5.02 Å². The number of aromatic nitrogens is 2. The summed E-state index contributed by atoms with van der Waals surface area (Å²) in [4.78, 5) is 0. The number of hydrogen-bond donors (Lipinski definition) is 1. The molecule has 4 heteroatoms. The zero-order valence-electron chi connectivity index (χ0n) is 11.1. The molecule has 0 saturated heterocycles. The van der Waals surface area contributed by atoms with Crippen LogP contribution in [0.1, 0.15) is 37.6 Å². The molecule has 0 spiro atoms. The smallest absolute Gasteiger partial charge is 0.0848 e. The van der Waals surface area contributed by atoms with E-state index in [2.05, 4.69) is 12.0 Å². The van der Waals surface area contributed by atoms with E-state index in [1.807, 2.05) is 11.6 Å². The summed E-state index contributed by atoms with van der Waals surface area (Å²) < 4.78 is 1.93. The quantitative estimate of drug-likeness (QED) is 0.912. The van der Waals surface area contributed by atoms with E-state index in [0.717, 1.165) is 34.8 Å². The molecule has 2 saturated carbocycles. The van der Waals surface area contributed by atoms with Crippen molar-refractivity contribution in [1.29, 1.82) is 0 Å². The van der Waals surface area contributed by atoms with Crippen LogP contribution in [-0.2, 0) is 13.0 Å². The normalized spacial score (nSPS) is 31.4. The van der Waals surface area contributed by atoms with Crippen LogP contribution in [-0.4, -0.2) is 21.0 Å². The summed E-state index contributed by atoms with van der Waals surface area (Å²) in [5, 5.41) is 15.5. The molecule has 0 aliphatic heterocycles. The minimum absolute atomic E-state index is 0.253. The van der Waals surface area contributed by atoms with Crippen molar-refractivity contribution in [2.24, 2.45) is 17.8 Å². The number of aliphatic hydroxyl groups is 1. The van der Waals surface area contributed by atoms with Crippen molar-refractivity contribution in [2.75, 3.05) is 0 Å². The predicted octanol–water partition coefficient (Wildman–Crippen LogP) is 2.81. The van der Waals surface area contributed by atoms with Gasteiger partial charge in [-0.05, 0) is 50.9 Å². The van der Waals surface area contributed by atoms with Gasteiger partial charge in [0, 0.05) is 13.0 Å². The molecule has 100 valence electrons. The van der Waals surface area contributed by atoms with Crippen LogP contribution in [0.15, 0.2) is 0 Å². The summed E-state index contributed by atoms with van der Waals surface area (Å²) in [6.45, 7) is 4.80. The summed E-state index contributed by atoms with van der Waals surface area (Å²) in [6.07, 6.45) is 4.22. The second-order valence-electron chi connectivity index (χ2n) is 5.92. The topological polar surface area (TPSA) is 38.0 Å². The van der Waals surface area contributed by atoms with Crippen molar-refractivity contribution >= 4 is 11.6 Å². The van der Waals surface area contributed by atoms with E-state index in [-0.39, 0.29) is 6.10 Å². The Labute approximate surface area is 113 Å². The first-order chi connectivity index (χ1) is 8.60. The molecule has 1 N–H and O–H groups in total. The first-order valence-electron chi connectivity index (χ1n) is 7.00. The fraction of sp³-hybridized carbons (Fsp3) is 0.786. The highest BCUT2D eigenvalue weighted by molar-refractivity contribution is 6.31. The summed E-state index contributed by atoms with van der Waals surface area (Å²) >= 11 is 6.29. The highest BCUT2D eigenvalue weighted by atomic mass is 35.5. The molecule has 1 heterocycles. The first kappa shape index (κ1) is 12.5. The van der Waals surface area contributed by atoms with Crippen molar-refractivity contribution in [1.82, 2.24) is 9.78 Å². The van der Waals surface area contributed by atoms with E-state index >= 15 is 0 Å². The molecule has 1 aromatic heterocycles. The Hall–Kier alpha value is -0.540. The third kappa shape index (κ3) is 2.08. The van der Waals surface area contributed by atoms with Gasteiger partial charge in [-0.1, -0.05) is 11.6 Å². The molecule has 3 unspecified atom stereocenters. The lowest BCUT2D eigenvalue weighted by atomic mass is 9.93. The Morgan fingerprint density at radius 3 is 2.67 bits per heavy atom. The molecule has 3 rings (SSSR count). The molecule has 2 fully saturated rings. The largest absolute Gasteiger partial charge is 0.392 e. The van der Waals surface area contributed by atoms with Gasteiger partial charge >= 0.3 is 0 Å². The maximum absolute atomic E-state index is 10.4. The Bertz CT molecular complexity index is 447. The number of hydrogen-bond acceptors (Lipinski definition) is 2. The Balaban J connectivity index is 1.71. The van der Waals surface area contributed by atoms with Gasteiger partial charge in [-0.3, -0.25) is 4.68 Å². The van der Waals surface area contributed by atoms with Crippen molar-refractivity contribution in [3.63, 3.8) is 0 Å². The fourth-order valence-electron chi connectivity index (χ4n) is 3.50. The zero-order valence-corrected chi connectivity index (χ0v) is 11.8. The Morgan fingerprint density at radius 1 is 1.39 bits per heavy atom. The average Bonchev–Trinajstić information content (AvgIpc) is 2.88. The van der Waals surface area contributed by atoms with Crippen LogP contribution < -0.4 is 0 Å². The summed E-state index contributed by atoms with van der Waals surface area (Å²) in [6, 6.07) is 0. The predicted molar refractivity (Wildman–Crippen MR) is 71.7 cm³/mol. The molecule has 2 aliphatic rings. The molecular formula is C14H21ClN2O. The molecule has 0 radical (unpaired) electrons. The lowest BCUT2D eigenvalue weighted by molar-refractivity contribution is 0.102. The minimum Gasteiger partial charge on any atom is -0.392 e. The number of rotatable bonds is 4. The minimum atomic E-state index is -0.253. The van der Waals surface area contributed by atoms with Crippen molar-refractivity contribution in [3.8, 4) is 0 Å². The van der Waals surface area contributed by atoms with E-state index in [0.29, 0.717) is 12.3 Å². The van der Waals surface area contributed by atoms with Gasteiger partial charge in [-0.2, -0.15) is 5.10 Å². The number of nitrogens with zero attached hydrogens (tertiary/aromatic N) is 2. The Morgan fingerprint density at radius 2 is 2.06 bits per heavy atom. The van der Waals surface area contributed by atoms with Gasteiger partial charge in [0.15, 0.2) is 0 Å². The summed E-state index contributed by atoms with van der Waals surface area (Å²) in [5.41, 5.74) is 1.87. The van der Waals surface area contributed by atoms with Crippen LogP contribution in [0.3, 0.4) is 0 Å². The second-order valence-corrected chi connectivity index (χ2v) is 6.30. The monoisotopic (exact) mass is 268 g/mol. The highest BCUT2D eigenvalue weighted by Crippen LogP contribution is 2.55. The van der Waals surface area contributed by atoms with Gasteiger partial charge < -0.3 is 5.11 Å². The van der Waals surface area contributed by atoms with Gasteiger partial charge in [0.25, 0.3) is 0 Å². The standard InChI is InChI=1S/C14H21ClN2O/c1-3-17-12(14(15)8(2)16-17)7-13(18)11-5-9-4-10(9)6-11/h9-11,13,18H,3-7H2,1-2H3. The molecule has 1 aromatic rings. The first-order valence-corrected chi connectivity index (χ1v) is 7.37.